The van der Waals surface area contributed by atoms with Crippen LogP contribution in [-0.4, -0.2) is 39.5 Å². The molecule has 0 heterocycles. The summed E-state index contributed by atoms with van der Waals surface area (Å²) in [5.41, 5.74) is 0. The largest absolute Gasteiger partial charge is 0.382 e. The first-order chi connectivity index (χ1) is 7.81. The first-order valence-corrected chi connectivity index (χ1v) is 6.61. The van der Waals surface area contributed by atoms with Crippen LogP contribution >= 0.6 is 0 Å². The lowest BCUT2D eigenvalue weighted by molar-refractivity contribution is 0.0687. The van der Waals surface area contributed by atoms with E-state index in [1.165, 1.54) is 25.7 Å². The second kappa shape index (κ2) is 12.9. The Labute approximate surface area is 101 Å². The van der Waals surface area contributed by atoms with Gasteiger partial charge in [-0.3, -0.25) is 0 Å². The molecule has 0 rings (SSSR count). The molecule has 0 radical (unpaired) electrons. The summed E-state index contributed by atoms with van der Waals surface area (Å²) in [6.45, 7) is 7.89. The Balaban J connectivity index is 3.02. The van der Waals surface area contributed by atoms with Gasteiger partial charge in [-0.15, -0.1) is 0 Å². The lowest BCUT2D eigenvalue weighted by Gasteiger charge is -2.12. The number of ether oxygens (including phenoxy) is 2. The van der Waals surface area contributed by atoms with Crippen LogP contribution in [0.5, 0.6) is 0 Å². The number of rotatable bonds is 12. The van der Waals surface area contributed by atoms with Crippen molar-refractivity contribution in [1.82, 2.24) is 5.32 Å². The summed E-state index contributed by atoms with van der Waals surface area (Å²) in [4.78, 5) is 0. The zero-order valence-electron chi connectivity index (χ0n) is 11.3. The van der Waals surface area contributed by atoms with Crippen LogP contribution in [-0.2, 0) is 9.47 Å². The van der Waals surface area contributed by atoms with Crippen molar-refractivity contribution >= 4 is 0 Å². The highest BCUT2D eigenvalue weighted by Crippen LogP contribution is 1.99. The Morgan fingerprint density at radius 1 is 1.06 bits per heavy atom. The first-order valence-electron chi connectivity index (χ1n) is 6.61. The second-order valence-corrected chi connectivity index (χ2v) is 4.31. The van der Waals surface area contributed by atoms with Crippen LogP contribution in [0.2, 0.25) is 0 Å². The predicted molar refractivity (Wildman–Crippen MR) is 68.9 cm³/mol. The maximum atomic E-state index is 5.39. The smallest absolute Gasteiger partial charge is 0.0700 e. The van der Waals surface area contributed by atoms with E-state index >= 15 is 0 Å². The van der Waals surface area contributed by atoms with E-state index in [-0.39, 0.29) is 0 Å². The highest BCUT2D eigenvalue weighted by molar-refractivity contribution is 4.59. The maximum absolute atomic E-state index is 5.39. The van der Waals surface area contributed by atoms with Gasteiger partial charge in [-0.2, -0.15) is 0 Å². The Morgan fingerprint density at radius 3 is 2.56 bits per heavy atom. The van der Waals surface area contributed by atoms with Crippen LogP contribution in [0.3, 0.4) is 0 Å². The molecule has 0 saturated heterocycles. The van der Waals surface area contributed by atoms with Gasteiger partial charge in [0.05, 0.1) is 13.2 Å². The van der Waals surface area contributed by atoms with Gasteiger partial charge in [0.2, 0.25) is 0 Å². The minimum Gasteiger partial charge on any atom is -0.382 e. The fraction of sp³-hybridized carbons (Fsp3) is 1.00. The second-order valence-electron chi connectivity index (χ2n) is 4.31. The third kappa shape index (κ3) is 12.0. The minimum absolute atomic E-state index is 0.661. The molecule has 0 aromatic rings. The molecular weight excluding hydrogens is 202 g/mol. The fourth-order valence-electron chi connectivity index (χ4n) is 1.53. The molecular formula is C13H29NO2. The van der Waals surface area contributed by atoms with Gasteiger partial charge in [0, 0.05) is 19.8 Å². The van der Waals surface area contributed by atoms with Gasteiger partial charge in [-0.1, -0.05) is 19.8 Å². The number of methoxy groups -OCH3 is 1. The normalized spacial score (nSPS) is 12.9. The van der Waals surface area contributed by atoms with E-state index in [1.54, 1.807) is 7.11 Å². The van der Waals surface area contributed by atoms with E-state index in [0.717, 1.165) is 26.2 Å². The van der Waals surface area contributed by atoms with E-state index in [1.807, 2.05) is 0 Å². The molecule has 0 amide bonds. The van der Waals surface area contributed by atoms with Crippen molar-refractivity contribution in [1.29, 1.82) is 0 Å². The number of hydrogen-bond acceptors (Lipinski definition) is 3. The van der Waals surface area contributed by atoms with Crippen molar-refractivity contribution in [2.75, 3.05) is 33.5 Å². The third-order valence-electron chi connectivity index (χ3n) is 2.63. The molecule has 0 saturated carbocycles. The molecule has 3 nitrogen and oxygen atoms in total. The van der Waals surface area contributed by atoms with Crippen molar-refractivity contribution < 1.29 is 9.47 Å². The molecule has 3 heteroatoms. The monoisotopic (exact) mass is 231 g/mol. The average Bonchev–Trinajstić information content (AvgIpc) is 2.30. The molecule has 0 aliphatic rings. The van der Waals surface area contributed by atoms with Crippen LogP contribution in [0.1, 0.15) is 46.0 Å². The van der Waals surface area contributed by atoms with E-state index in [9.17, 15) is 0 Å². The van der Waals surface area contributed by atoms with Crippen LogP contribution < -0.4 is 5.32 Å². The fourth-order valence-corrected chi connectivity index (χ4v) is 1.53. The topological polar surface area (TPSA) is 30.5 Å². The lowest BCUT2D eigenvalue weighted by Crippen LogP contribution is -2.27. The van der Waals surface area contributed by atoms with Gasteiger partial charge in [0.15, 0.2) is 0 Å². The van der Waals surface area contributed by atoms with Gasteiger partial charge >= 0.3 is 0 Å². The summed E-state index contributed by atoms with van der Waals surface area (Å²) in [5.74, 6) is 0. The Hall–Kier alpha value is -0.120. The number of unbranched alkanes of at least 4 members (excludes halogenated alkanes) is 2. The summed E-state index contributed by atoms with van der Waals surface area (Å²) >= 11 is 0. The summed E-state index contributed by atoms with van der Waals surface area (Å²) in [6, 6.07) is 0.661. The average molecular weight is 231 g/mol. The van der Waals surface area contributed by atoms with Gasteiger partial charge < -0.3 is 14.8 Å². The molecule has 0 aromatic heterocycles. The Kier molecular flexibility index (Phi) is 12.9. The number of hydrogen-bond donors (Lipinski definition) is 1. The van der Waals surface area contributed by atoms with Crippen molar-refractivity contribution in [2.45, 2.75) is 52.0 Å². The SMILES string of the molecule is CCCCC(C)NCCCCOCCOC. The van der Waals surface area contributed by atoms with E-state index in [4.69, 9.17) is 9.47 Å². The molecule has 0 aliphatic heterocycles. The molecule has 1 unspecified atom stereocenters. The van der Waals surface area contributed by atoms with Crippen molar-refractivity contribution in [3.8, 4) is 0 Å². The highest BCUT2D eigenvalue weighted by atomic mass is 16.5. The number of nitrogens with one attached hydrogen (secondary N) is 1. The van der Waals surface area contributed by atoms with Gasteiger partial charge in [-0.25, -0.2) is 0 Å². The summed E-state index contributed by atoms with van der Waals surface area (Å²) in [7, 11) is 1.70. The molecule has 1 atom stereocenters. The van der Waals surface area contributed by atoms with Crippen LogP contribution in [0.25, 0.3) is 0 Å². The zero-order valence-corrected chi connectivity index (χ0v) is 11.3. The van der Waals surface area contributed by atoms with E-state index < -0.39 is 0 Å². The quantitative estimate of drug-likeness (QED) is 0.524. The molecule has 16 heavy (non-hydrogen) atoms. The molecule has 0 bridgehead atoms. The molecule has 0 fully saturated rings. The Morgan fingerprint density at radius 2 is 1.88 bits per heavy atom. The summed E-state index contributed by atoms with van der Waals surface area (Å²) in [5, 5.41) is 3.54. The molecule has 98 valence electrons. The van der Waals surface area contributed by atoms with Crippen LogP contribution in [0.15, 0.2) is 0 Å². The molecule has 1 N–H and O–H groups in total. The summed E-state index contributed by atoms with van der Waals surface area (Å²) < 4.78 is 10.3. The molecule has 0 aromatic carbocycles. The maximum Gasteiger partial charge on any atom is 0.0700 e. The predicted octanol–water partition coefficient (Wildman–Crippen LogP) is 2.60. The van der Waals surface area contributed by atoms with Crippen molar-refractivity contribution in [3.05, 3.63) is 0 Å². The van der Waals surface area contributed by atoms with Crippen molar-refractivity contribution in [3.63, 3.8) is 0 Å². The molecule has 0 spiro atoms. The molecule has 0 aliphatic carbocycles. The lowest BCUT2D eigenvalue weighted by atomic mass is 10.1. The third-order valence-corrected chi connectivity index (χ3v) is 2.63. The summed E-state index contributed by atoms with van der Waals surface area (Å²) in [6.07, 6.45) is 6.25. The Bertz CT molecular complexity index is 131. The van der Waals surface area contributed by atoms with Gasteiger partial charge in [0.1, 0.15) is 0 Å². The first kappa shape index (κ1) is 15.9. The minimum atomic E-state index is 0.661. The van der Waals surface area contributed by atoms with Crippen LogP contribution in [0.4, 0.5) is 0 Å². The van der Waals surface area contributed by atoms with Gasteiger partial charge in [0.25, 0.3) is 0 Å². The standard InChI is InChI=1S/C13H29NO2/c1-4-5-8-13(2)14-9-6-7-10-16-12-11-15-3/h13-14H,4-12H2,1-3H3. The van der Waals surface area contributed by atoms with Crippen molar-refractivity contribution in [2.24, 2.45) is 0 Å². The van der Waals surface area contributed by atoms with E-state index in [2.05, 4.69) is 19.2 Å². The highest BCUT2D eigenvalue weighted by Gasteiger charge is 1.99. The van der Waals surface area contributed by atoms with Crippen LogP contribution in [0, 0.1) is 0 Å². The van der Waals surface area contributed by atoms with E-state index in [0.29, 0.717) is 12.6 Å². The van der Waals surface area contributed by atoms with Gasteiger partial charge in [-0.05, 0) is 32.7 Å². The zero-order chi connectivity index (χ0) is 12.1.